The van der Waals surface area contributed by atoms with Crippen molar-refractivity contribution in [3.05, 3.63) is 0 Å². The molecule has 1 aliphatic heterocycles. The van der Waals surface area contributed by atoms with Crippen LogP contribution in [-0.4, -0.2) is 62.2 Å². The van der Waals surface area contributed by atoms with Gasteiger partial charge in [-0.15, -0.1) is 0 Å². The zero-order chi connectivity index (χ0) is 13.5. The minimum absolute atomic E-state index is 0.754. The van der Waals surface area contributed by atoms with Crippen molar-refractivity contribution in [3.8, 4) is 0 Å². The number of nitrogens with one attached hydrogen (secondary N) is 1. The predicted octanol–water partition coefficient (Wildman–Crippen LogP) is 1.89. The molecular formula is C15H33N3. The second-order valence-electron chi connectivity index (χ2n) is 6.46. The summed E-state index contributed by atoms with van der Waals surface area (Å²) in [5.41, 5.74) is 0. The second-order valence-corrected chi connectivity index (χ2v) is 6.46. The Bertz CT molecular complexity index is 218. The van der Waals surface area contributed by atoms with Crippen LogP contribution in [0.15, 0.2) is 0 Å². The second kappa shape index (κ2) is 8.13. The molecule has 0 spiro atoms. The molecule has 0 radical (unpaired) electrons. The van der Waals surface area contributed by atoms with E-state index >= 15 is 0 Å². The number of hydrogen-bond donors (Lipinski definition) is 1. The summed E-state index contributed by atoms with van der Waals surface area (Å²) in [6.45, 7) is 16.5. The van der Waals surface area contributed by atoms with Crippen molar-refractivity contribution in [3.63, 3.8) is 0 Å². The zero-order valence-electron chi connectivity index (χ0n) is 13.1. The van der Waals surface area contributed by atoms with Gasteiger partial charge in [0.15, 0.2) is 0 Å². The average Bonchev–Trinajstić information content (AvgIpc) is 2.31. The van der Waals surface area contributed by atoms with E-state index in [4.69, 9.17) is 0 Å². The van der Waals surface area contributed by atoms with E-state index in [1.165, 1.54) is 32.6 Å². The number of piperazine rings is 1. The van der Waals surface area contributed by atoms with Crippen LogP contribution in [0.25, 0.3) is 0 Å². The van der Waals surface area contributed by atoms with Gasteiger partial charge in [-0.05, 0) is 38.4 Å². The molecule has 1 rings (SSSR count). The highest BCUT2D eigenvalue weighted by Gasteiger charge is 2.23. The Morgan fingerprint density at radius 1 is 1.17 bits per heavy atom. The van der Waals surface area contributed by atoms with Gasteiger partial charge in [-0.1, -0.05) is 27.7 Å². The van der Waals surface area contributed by atoms with Crippen LogP contribution in [0, 0.1) is 11.8 Å². The molecule has 1 N–H and O–H groups in total. The Kier molecular flexibility index (Phi) is 7.20. The molecule has 1 saturated heterocycles. The summed E-state index contributed by atoms with van der Waals surface area (Å²) in [4.78, 5) is 5.16. The Hall–Kier alpha value is -0.120. The van der Waals surface area contributed by atoms with E-state index < -0.39 is 0 Å². The molecule has 2 atom stereocenters. The summed E-state index contributed by atoms with van der Waals surface area (Å²) in [6.07, 6.45) is 1.27. The van der Waals surface area contributed by atoms with Gasteiger partial charge < -0.3 is 15.1 Å². The molecule has 0 aromatic carbocycles. The lowest BCUT2D eigenvalue weighted by atomic mass is 10.1. The maximum Gasteiger partial charge on any atom is 0.0218 e. The first-order valence-electron chi connectivity index (χ1n) is 7.66. The molecule has 0 aliphatic carbocycles. The van der Waals surface area contributed by atoms with Crippen LogP contribution in [0.4, 0.5) is 0 Å². The van der Waals surface area contributed by atoms with Crippen molar-refractivity contribution in [1.29, 1.82) is 0 Å². The summed E-state index contributed by atoms with van der Waals surface area (Å²) in [7, 11) is 2.26. The normalized spacial score (nSPS) is 24.7. The lowest BCUT2D eigenvalue weighted by Gasteiger charge is -2.40. The van der Waals surface area contributed by atoms with E-state index in [9.17, 15) is 0 Å². The topological polar surface area (TPSA) is 18.5 Å². The van der Waals surface area contributed by atoms with Crippen LogP contribution in [0.5, 0.6) is 0 Å². The molecule has 0 aromatic rings. The molecule has 1 fully saturated rings. The Morgan fingerprint density at radius 3 is 2.50 bits per heavy atom. The first kappa shape index (κ1) is 15.9. The van der Waals surface area contributed by atoms with Crippen LogP contribution in [0.3, 0.4) is 0 Å². The van der Waals surface area contributed by atoms with Gasteiger partial charge in [0.1, 0.15) is 0 Å². The highest BCUT2D eigenvalue weighted by atomic mass is 15.3. The molecule has 0 aromatic heterocycles. The van der Waals surface area contributed by atoms with Gasteiger partial charge >= 0.3 is 0 Å². The first-order valence-corrected chi connectivity index (χ1v) is 7.66. The first-order chi connectivity index (χ1) is 8.52. The standard InChI is InChI=1S/C15H33N3/c1-6-15-12-18(8-7-17(15)5)11-14(4)10-16-9-13(2)3/h13-16H,6-12H2,1-5H3. The maximum atomic E-state index is 3.57. The minimum Gasteiger partial charge on any atom is -0.316 e. The fourth-order valence-corrected chi connectivity index (χ4v) is 2.74. The molecule has 1 aliphatic rings. The van der Waals surface area contributed by atoms with E-state index in [-0.39, 0.29) is 0 Å². The molecule has 3 nitrogen and oxygen atoms in total. The summed E-state index contributed by atoms with van der Waals surface area (Å²) >= 11 is 0. The summed E-state index contributed by atoms with van der Waals surface area (Å²) < 4.78 is 0. The quantitative estimate of drug-likeness (QED) is 0.749. The Labute approximate surface area is 114 Å². The number of likely N-dealkylation sites (N-methyl/N-ethyl adjacent to an activating group) is 1. The van der Waals surface area contributed by atoms with Gasteiger partial charge in [-0.3, -0.25) is 0 Å². The monoisotopic (exact) mass is 255 g/mol. The third-order valence-electron chi connectivity index (χ3n) is 3.95. The van der Waals surface area contributed by atoms with Crippen molar-refractivity contribution in [2.45, 2.75) is 40.2 Å². The fourth-order valence-electron chi connectivity index (χ4n) is 2.74. The number of rotatable bonds is 7. The molecule has 3 heteroatoms. The molecule has 108 valence electrons. The molecule has 18 heavy (non-hydrogen) atoms. The van der Waals surface area contributed by atoms with Gasteiger partial charge in [0.05, 0.1) is 0 Å². The molecule has 0 saturated carbocycles. The SMILES string of the molecule is CCC1CN(CC(C)CNCC(C)C)CCN1C. The molecule has 0 bridgehead atoms. The van der Waals surface area contributed by atoms with Gasteiger partial charge in [0, 0.05) is 32.2 Å². The third-order valence-corrected chi connectivity index (χ3v) is 3.95. The average molecular weight is 255 g/mol. The van der Waals surface area contributed by atoms with Crippen molar-refractivity contribution in [2.75, 3.05) is 46.3 Å². The minimum atomic E-state index is 0.754. The van der Waals surface area contributed by atoms with E-state index in [0.29, 0.717) is 0 Å². The summed E-state index contributed by atoms with van der Waals surface area (Å²) in [5, 5.41) is 3.57. The molecule has 1 heterocycles. The Balaban J connectivity index is 2.21. The molecular weight excluding hydrogens is 222 g/mol. The van der Waals surface area contributed by atoms with Gasteiger partial charge in [0.2, 0.25) is 0 Å². The number of nitrogens with zero attached hydrogens (tertiary/aromatic N) is 2. The van der Waals surface area contributed by atoms with E-state index in [1.54, 1.807) is 0 Å². The lowest BCUT2D eigenvalue weighted by Crippen LogP contribution is -2.52. The largest absolute Gasteiger partial charge is 0.316 e. The predicted molar refractivity (Wildman–Crippen MR) is 80.0 cm³/mol. The van der Waals surface area contributed by atoms with Crippen LogP contribution < -0.4 is 5.32 Å². The fraction of sp³-hybridized carbons (Fsp3) is 1.00. The highest BCUT2D eigenvalue weighted by molar-refractivity contribution is 4.80. The van der Waals surface area contributed by atoms with Gasteiger partial charge in [-0.25, -0.2) is 0 Å². The molecule has 2 unspecified atom stereocenters. The maximum absolute atomic E-state index is 3.57. The van der Waals surface area contributed by atoms with E-state index in [2.05, 4.69) is 49.9 Å². The van der Waals surface area contributed by atoms with E-state index in [0.717, 1.165) is 31.0 Å². The van der Waals surface area contributed by atoms with Crippen LogP contribution in [0.2, 0.25) is 0 Å². The van der Waals surface area contributed by atoms with Gasteiger partial charge in [-0.2, -0.15) is 0 Å². The van der Waals surface area contributed by atoms with E-state index in [1.807, 2.05) is 0 Å². The van der Waals surface area contributed by atoms with Crippen LogP contribution in [0.1, 0.15) is 34.1 Å². The summed E-state index contributed by atoms with van der Waals surface area (Å²) in [6, 6.07) is 0.759. The molecule has 0 amide bonds. The Morgan fingerprint density at radius 2 is 1.89 bits per heavy atom. The van der Waals surface area contributed by atoms with Crippen molar-refractivity contribution in [1.82, 2.24) is 15.1 Å². The van der Waals surface area contributed by atoms with Crippen LogP contribution >= 0.6 is 0 Å². The van der Waals surface area contributed by atoms with Crippen LogP contribution in [-0.2, 0) is 0 Å². The van der Waals surface area contributed by atoms with Crippen molar-refractivity contribution < 1.29 is 0 Å². The van der Waals surface area contributed by atoms with Gasteiger partial charge in [0.25, 0.3) is 0 Å². The smallest absolute Gasteiger partial charge is 0.0218 e. The lowest BCUT2D eigenvalue weighted by molar-refractivity contribution is 0.0832. The van der Waals surface area contributed by atoms with Crippen molar-refractivity contribution in [2.24, 2.45) is 11.8 Å². The summed E-state index contributed by atoms with van der Waals surface area (Å²) in [5.74, 6) is 1.51. The highest BCUT2D eigenvalue weighted by Crippen LogP contribution is 2.12. The third kappa shape index (κ3) is 5.68. The number of hydrogen-bond acceptors (Lipinski definition) is 3. The van der Waals surface area contributed by atoms with Crippen molar-refractivity contribution >= 4 is 0 Å². The zero-order valence-corrected chi connectivity index (χ0v) is 13.1.